The molecule has 0 amide bonds. The summed E-state index contributed by atoms with van der Waals surface area (Å²) in [7, 11) is 0. The normalized spacial score (nSPS) is 14.4. The van der Waals surface area contributed by atoms with E-state index in [0.29, 0.717) is 34.5 Å². The van der Waals surface area contributed by atoms with Crippen LogP contribution in [0.2, 0.25) is 5.02 Å². The highest BCUT2D eigenvalue weighted by Gasteiger charge is 2.26. The van der Waals surface area contributed by atoms with Gasteiger partial charge >= 0.3 is 0 Å². The molecule has 0 atom stereocenters. The van der Waals surface area contributed by atoms with Gasteiger partial charge < -0.3 is 9.64 Å². The van der Waals surface area contributed by atoms with Gasteiger partial charge in [0.25, 0.3) is 0 Å². The van der Waals surface area contributed by atoms with Gasteiger partial charge in [-0.05, 0) is 24.3 Å². The number of halogens is 1. The van der Waals surface area contributed by atoms with Crippen LogP contribution in [0.4, 0.5) is 5.13 Å². The third kappa shape index (κ3) is 3.42. The number of nitrogens with zero attached hydrogens (tertiary/aromatic N) is 4. The Hall–Kier alpha value is -2.74. The number of ether oxygens (including phenoxy) is 1. The van der Waals surface area contributed by atoms with E-state index in [2.05, 4.69) is 9.88 Å². The van der Waals surface area contributed by atoms with Crippen molar-refractivity contribution in [2.45, 2.75) is 0 Å². The SMILES string of the molecule is O=C(c1sc(N2CCOCC2)nc1-c1ccc(Cl)cc1)c1cnc2ccccn12. The second-order valence-electron chi connectivity index (χ2n) is 6.68. The molecular formula is C21H17ClN4O2S. The Balaban J connectivity index is 1.62. The van der Waals surface area contributed by atoms with Crippen molar-refractivity contribution in [1.82, 2.24) is 14.4 Å². The number of carbonyl (C=O) groups is 1. The molecule has 1 aliphatic rings. The van der Waals surface area contributed by atoms with Crippen LogP contribution in [0.25, 0.3) is 16.9 Å². The number of ketones is 1. The summed E-state index contributed by atoms with van der Waals surface area (Å²) >= 11 is 7.47. The molecule has 146 valence electrons. The lowest BCUT2D eigenvalue weighted by molar-refractivity contribution is 0.103. The maximum absolute atomic E-state index is 13.5. The van der Waals surface area contributed by atoms with Gasteiger partial charge in [0.2, 0.25) is 5.78 Å². The van der Waals surface area contributed by atoms with Crippen molar-refractivity contribution in [2.24, 2.45) is 0 Å². The molecule has 0 saturated carbocycles. The number of hydrogen-bond acceptors (Lipinski definition) is 6. The lowest BCUT2D eigenvalue weighted by Crippen LogP contribution is -2.36. The predicted molar refractivity (Wildman–Crippen MR) is 114 cm³/mol. The van der Waals surface area contributed by atoms with Crippen LogP contribution in [0.5, 0.6) is 0 Å². The molecule has 0 aliphatic carbocycles. The molecule has 0 unspecified atom stereocenters. The van der Waals surface area contributed by atoms with Crippen molar-refractivity contribution in [3.05, 3.63) is 70.5 Å². The molecule has 1 fully saturated rings. The number of thiazole rings is 1. The van der Waals surface area contributed by atoms with Crippen LogP contribution >= 0.6 is 22.9 Å². The van der Waals surface area contributed by atoms with E-state index < -0.39 is 0 Å². The molecule has 1 aliphatic heterocycles. The van der Waals surface area contributed by atoms with Crippen molar-refractivity contribution in [3.63, 3.8) is 0 Å². The average molecular weight is 425 g/mol. The highest BCUT2D eigenvalue weighted by Crippen LogP contribution is 2.35. The van der Waals surface area contributed by atoms with E-state index in [9.17, 15) is 4.79 Å². The Labute approximate surface area is 176 Å². The average Bonchev–Trinajstić information content (AvgIpc) is 3.39. The van der Waals surface area contributed by atoms with Gasteiger partial charge in [0, 0.05) is 29.9 Å². The van der Waals surface area contributed by atoms with Gasteiger partial charge in [-0.2, -0.15) is 0 Å². The Kier molecular flexibility index (Phi) is 4.79. The smallest absolute Gasteiger partial charge is 0.223 e. The molecule has 8 heteroatoms. The molecule has 0 bridgehead atoms. The molecule has 6 nitrogen and oxygen atoms in total. The highest BCUT2D eigenvalue weighted by molar-refractivity contribution is 7.18. The van der Waals surface area contributed by atoms with E-state index in [0.717, 1.165) is 29.4 Å². The van der Waals surface area contributed by atoms with Gasteiger partial charge in [0.05, 0.1) is 25.1 Å². The molecule has 1 saturated heterocycles. The largest absolute Gasteiger partial charge is 0.378 e. The van der Waals surface area contributed by atoms with Gasteiger partial charge in [-0.15, -0.1) is 0 Å². The van der Waals surface area contributed by atoms with Crippen LogP contribution in [0.15, 0.2) is 54.9 Å². The summed E-state index contributed by atoms with van der Waals surface area (Å²) in [6.07, 6.45) is 3.47. The first kappa shape index (κ1) is 18.3. The predicted octanol–water partition coefficient (Wildman–Crippen LogP) is 4.18. The van der Waals surface area contributed by atoms with Crippen LogP contribution in [0.3, 0.4) is 0 Å². The van der Waals surface area contributed by atoms with Gasteiger partial charge in [-0.25, -0.2) is 9.97 Å². The summed E-state index contributed by atoms with van der Waals surface area (Å²) in [5, 5.41) is 1.47. The molecule has 4 heterocycles. The Bertz CT molecular complexity index is 1180. The lowest BCUT2D eigenvalue weighted by atomic mass is 10.1. The van der Waals surface area contributed by atoms with Crippen molar-refractivity contribution < 1.29 is 9.53 Å². The monoisotopic (exact) mass is 424 g/mol. The fraction of sp³-hybridized carbons (Fsp3) is 0.190. The second kappa shape index (κ2) is 7.59. The number of rotatable bonds is 4. The zero-order valence-corrected chi connectivity index (χ0v) is 17.0. The highest BCUT2D eigenvalue weighted by atomic mass is 35.5. The molecule has 3 aromatic heterocycles. The topological polar surface area (TPSA) is 59.7 Å². The number of hydrogen-bond donors (Lipinski definition) is 0. The minimum absolute atomic E-state index is 0.0920. The number of anilines is 1. The summed E-state index contributed by atoms with van der Waals surface area (Å²) in [6, 6.07) is 13.1. The van der Waals surface area contributed by atoms with Crippen LogP contribution in [-0.2, 0) is 4.74 Å². The third-order valence-electron chi connectivity index (χ3n) is 4.87. The number of carbonyl (C=O) groups excluding carboxylic acids is 1. The third-order valence-corrected chi connectivity index (χ3v) is 6.24. The van der Waals surface area contributed by atoms with Gasteiger partial charge in [0.15, 0.2) is 5.13 Å². The van der Waals surface area contributed by atoms with E-state index in [1.807, 2.05) is 53.1 Å². The summed E-state index contributed by atoms with van der Waals surface area (Å²) in [4.78, 5) is 25.5. The Morgan fingerprint density at radius 2 is 1.90 bits per heavy atom. The van der Waals surface area contributed by atoms with E-state index in [1.54, 1.807) is 6.20 Å². The number of imidazole rings is 1. The zero-order chi connectivity index (χ0) is 19.8. The summed E-state index contributed by atoms with van der Waals surface area (Å²) in [6.45, 7) is 2.84. The minimum Gasteiger partial charge on any atom is -0.378 e. The van der Waals surface area contributed by atoms with E-state index in [1.165, 1.54) is 11.3 Å². The van der Waals surface area contributed by atoms with Crippen LogP contribution < -0.4 is 4.90 Å². The summed E-state index contributed by atoms with van der Waals surface area (Å²) in [5.74, 6) is -0.0920. The standard InChI is InChI=1S/C21H17ClN4O2S/c22-15-6-4-14(5-7-15)18-20(29-21(24-18)25-9-11-28-12-10-25)19(27)16-13-23-17-3-1-2-8-26(16)17/h1-8,13H,9-12H2. The van der Waals surface area contributed by atoms with Gasteiger partial charge in [-0.3, -0.25) is 9.20 Å². The number of aromatic nitrogens is 3. The number of pyridine rings is 1. The first-order valence-electron chi connectivity index (χ1n) is 9.27. The maximum atomic E-state index is 13.5. The molecule has 0 N–H and O–H groups in total. The van der Waals surface area contributed by atoms with E-state index >= 15 is 0 Å². The lowest BCUT2D eigenvalue weighted by Gasteiger charge is -2.26. The second-order valence-corrected chi connectivity index (χ2v) is 8.10. The molecule has 5 rings (SSSR count). The van der Waals surface area contributed by atoms with E-state index in [-0.39, 0.29) is 5.78 Å². The van der Waals surface area contributed by atoms with Crippen molar-refractivity contribution in [1.29, 1.82) is 0 Å². The first-order valence-corrected chi connectivity index (χ1v) is 10.5. The Morgan fingerprint density at radius 1 is 1.10 bits per heavy atom. The minimum atomic E-state index is -0.0920. The Morgan fingerprint density at radius 3 is 2.69 bits per heavy atom. The van der Waals surface area contributed by atoms with Gasteiger partial charge in [-0.1, -0.05) is 41.1 Å². The number of morpholine rings is 1. The summed E-state index contributed by atoms with van der Waals surface area (Å²) in [5.41, 5.74) is 2.79. The maximum Gasteiger partial charge on any atom is 0.223 e. The first-order chi connectivity index (χ1) is 14.2. The van der Waals surface area contributed by atoms with Gasteiger partial charge in [0.1, 0.15) is 16.2 Å². The molecule has 1 aromatic carbocycles. The number of fused-ring (bicyclic) bond motifs is 1. The van der Waals surface area contributed by atoms with Crippen molar-refractivity contribution >= 4 is 39.5 Å². The molecule has 29 heavy (non-hydrogen) atoms. The van der Waals surface area contributed by atoms with Crippen LogP contribution in [0, 0.1) is 0 Å². The van der Waals surface area contributed by atoms with Crippen LogP contribution in [0.1, 0.15) is 15.4 Å². The quantitative estimate of drug-likeness (QED) is 0.460. The van der Waals surface area contributed by atoms with Crippen LogP contribution in [-0.4, -0.2) is 46.5 Å². The fourth-order valence-corrected chi connectivity index (χ4v) is 4.59. The summed E-state index contributed by atoms with van der Waals surface area (Å²) < 4.78 is 7.26. The zero-order valence-electron chi connectivity index (χ0n) is 15.4. The fourth-order valence-electron chi connectivity index (χ4n) is 3.37. The van der Waals surface area contributed by atoms with E-state index in [4.69, 9.17) is 21.3 Å². The van der Waals surface area contributed by atoms with Crippen molar-refractivity contribution in [3.8, 4) is 11.3 Å². The molecule has 0 spiro atoms. The molecular weight excluding hydrogens is 408 g/mol. The molecule has 0 radical (unpaired) electrons. The molecule has 4 aromatic rings. The number of benzene rings is 1. The van der Waals surface area contributed by atoms with Crippen molar-refractivity contribution in [2.75, 3.05) is 31.2 Å².